The summed E-state index contributed by atoms with van der Waals surface area (Å²) in [6, 6.07) is 8.60. The van der Waals surface area contributed by atoms with E-state index >= 15 is 0 Å². The molecule has 0 aliphatic carbocycles. The van der Waals surface area contributed by atoms with Gasteiger partial charge in [0.05, 0.1) is 18.0 Å². The number of fused-ring (bicyclic) bond motifs is 1. The number of nitrogens with zero attached hydrogens (tertiary/aromatic N) is 2. The molecule has 6 heteroatoms. The van der Waals surface area contributed by atoms with Gasteiger partial charge in [0.15, 0.2) is 0 Å². The Morgan fingerprint density at radius 1 is 1.05 bits per heavy atom. The van der Waals surface area contributed by atoms with Crippen LogP contribution in [0.15, 0.2) is 24.3 Å². The molecule has 1 aliphatic heterocycles. The van der Waals surface area contributed by atoms with Gasteiger partial charge in [-0.2, -0.15) is 0 Å². The maximum atomic E-state index is 4.74. The Morgan fingerprint density at radius 3 is 2.05 bits per heavy atom. The van der Waals surface area contributed by atoms with Crippen molar-refractivity contribution >= 4 is 20.9 Å². The monoisotopic (exact) mass is 298 g/mol. The molecule has 0 bridgehead atoms. The molecule has 0 saturated heterocycles. The molecule has 0 spiro atoms. The number of benzene rings is 1. The number of hydrogen-bond donors (Lipinski definition) is 0. The average Bonchev–Trinajstić information content (AvgIpc) is 2.79. The molecule has 1 aromatic rings. The van der Waals surface area contributed by atoms with Crippen LogP contribution in [-0.2, 0) is 13.3 Å². The lowest BCUT2D eigenvalue weighted by Gasteiger charge is -2.17. The molecule has 1 heterocycles. The molecule has 0 aromatic heterocycles. The van der Waals surface area contributed by atoms with Crippen LogP contribution in [0.3, 0.4) is 0 Å². The van der Waals surface area contributed by atoms with Crippen LogP contribution in [0.25, 0.3) is 0 Å². The normalized spacial score (nSPS) is 13.3. The highest BCUT2D eigenvalue weighted by Gasteiger charge is 2.20. The molecule has 0 atom stereocenters. The third-order valence-electron chi connectivity index (χ3n) is 3.09. The third kappa shape index (κ3) is 4.48. The first-order valence-electron chi connectivity index (χ1n) is 6.81. The predicted octanol–water partition coefficient (Wildman–Crippen LogP) is 1.95. The number of rotatable bonds is 5. The second-order valence-corrected chi connectivity index (χ2v) is 6.58. The van der Waals surface area contributed by atoms with Gasteiger partial charge >= 0.3 is 9.53 Å². The zero-order valence-corrected chi connectivity index (χ0v) is 14.3. The van der Waals surface area contributed by atoms with Crippen LogP contribution < -0.4 is 9.80 Å². The zero-order valence-electron chi connectivity index (χ0n) is 13.1. The van der Waals surface area contributed by atoms with Crippen molar-refractivity contribution in [3.05, 3.63) is 24.3 Å². The quantitative estimate of drug-likeness (QED) is 0.776. The van der Waals surface area contributed by atoms with Crippen molar-refractivity contribution < 1.29 is 13.3 Å². The van der Waals surface area contributed by atoms with Crippen LogP contribution in [-0.4, -0.2) is 51.1 Å². The van der Waals surface area contributed by atoms with Crippen molar-refractivity contribution in [1.29, 1.82) is 0 Å². The van der Waals surface area contributed by atoms with Gasteiger partial charge in [-0.05, 0) is 18.6 Å². The van der Waals surface area contributed by atoms with E-state index in [1.54, 1.807) is 21.3 Å². The summed E-state index contributed by atoms with van der Waals surface area (Å²) in [5, 5.41) is 0. The van der Waals surface area contributed by atoms with Gasteiger partial charge in [-0.15, -0.1) is 0 Å². The van der Waals surface area contributed by atoms with E-state index in [0.29, 0.717) is 0 Å². The van der Waals surface area contributed by atoms with Gasteiger partial charge in [0.1, 0.15) is 0 Å². The molecule has 114 valence electrons. The summed E-state index contributed by atoms with van der Waals surface area (Å²) < 4.78 is 14.2. The van der Waals surface area contributed by atoms with Crippen LogP contribution in [0, 0.1) is 0 Å². The molecule has 0 N–H and O–H groups in total. The lowest BCUT2D eigenvalue weighted by Crippen LogP contribution is -2.28. The largest absolute Gasteiger partial charge is 0.483 e. The van der Waals surface area contributed by atoms with Gasteiger partial charge in [-0.1, -0.05) is 19.1 Å². The summed E-state index contributed by atoms with van der Waals surface area (Å²) in [6.45, 7) is 4.41. The summed E-state index contributed by atoms with van der Waals surface area (Å²) in [5.74, 6) is 0. The summed E-state index contributed by atoms with van der Waals surface area (Å²) in [7, 11) is 5.20. The van der Waals surface area contributed by atoms with E-state index in [-0.39, 0.29) is 0 Å². The Balaban J connectivity index is 0.000000246. The molecule has 0 amide bonds. The van der Waals surface area contributed by atoms with Gasteiger partial charge in [0, 0.05) is 34.9 Å². The Morgan fingerprint density at radius 2 is 1.60 bits per heavy atom. The summed E-state index contributed by atoms with van der Waals surface area (Å²) in [5.41, 5.74) is 2.74. The highest BCUT2D eigenvalue weighted by Crippen LogP contribution is 2.34. The van der Waals surface area contributed by atoms with Crippen molar-refractivity contribution in [2.45, 2.75) is 13.3 Å². The fourth-order valence-corrected chi connectivity index (χ4v) is 2.79. The maximum Gasteiger partial charge on any atom is 0.483 e. The van der Waals surface area contributed by atoms with Crippen LogP contribution in [0.1, 0.15) is 13.3 Å². The van der Waals surface area contributed by atoms with Crippen LogP contribution in [0.4, 0.5) is 11.4 Å². The average molecular weight is 298 g/mol. The Labute approximate surface area is 124 Å². The number of hydrogen-bond acceptors (Lipinski definition) is 5. The van der Waals surface area contributed by atoms with Gasteiger partial charge in [-0.25, -0.2) is 0 Å². The van der Waals surface area contributed by atoms with Crippen LogP contribution in [0.2, 0.25) is 0 Å². The van der Waals surface area contributed by atoms with E-state index < -0.39 is 9.53 Å². The van der Waals surface area contributed by atoms with Crippen molar-refractivity contribution in [3.8, 4) is 0 Å². The molecule has 5 nitrogen and oxygen atoms in total. The van der Waals surface area contributed by atoms with E-state index in [1.807, 2.05) is 0 Å². The van der Waals surface area contributed by atoms with E-state index in [0.717, 1.165) is 13.2 Å². The second-order valence-electron chi connectivity index (χ2n) is 4.59. The first-order chi connectivity index (χ1) is 9.67. The highest BCUT2D eigenvalue weighted by atomic mass is 28.3. The molecular weight excluding hydrogens is 272 g/mol. The van der Waals surface area contributed by atoms with Crippen molar-refractivity contribution in [1.82, 2.24) is 0 Å². The summed E-state index contributed by atoms with van der Waals surface area (Å²) in [4.78, 5) is 4.72. The van der Waals surface area contributed by atoms with Gasteiger partial charge in [-0.3, -0.25) is 0 Å². The number of para-hydroxylation sites is 2. The molecule has 0 saturated carbocycles. The van der Waals surface area contributed by atoms with Crippen molar-refractivity contribution in [2.75, 3.05) is 51.4 Å². The van der Waals surface area contributed by atoms with Gasteiger partial charge in [0.25, 0.3) is 0 Å². The fourth-order valence-electron chi connectivity index (χ4n) is 2.21. The van der Waals surface area contributed by atoms with Gasteiger partial charge in [0.2, 0.25) is 0 Å². The molecule has 20 heavy (non-hydrogen) atoms. The fraction of sp³-hybridized carbons (Fsp3) is 0.571. The minimum absolute atomic E-state index is 1.03. The standard InChI is InChI=1S/C11H16N2.C3H10O3Si/c1-3-8-13-9-12(2)10-6-4-5-7-11(10)13;1-4-7(5-2)6-3/h4-7H,3,8-9H2,1-2H3;7H,1-3H3. The Bertz CT molecular complexity index is 383. The SMILES string of the molecule is CCCN1CN(C)c2ccccc21.CO[SiH](OC)OC. The Hall–Kier alpha value is -1.08. The molecule has 2 rings (SSSR count). The Kier molecular flexibility index (Phi) is 7.61. The lowest BCUT2D eigenvalue weighted by molar-refractivity contribution is 0.163. The minimum atomic E-state index is -1.67. The molecule has 0 fully saturated rings. The van der Waals surface area contributed by atoms with E-state index in [2.05, 4.69) is 48.0 Å². The van der Waals surface area contributed by atoms with Crippen molar-refractivity contribution in [2.24, 2.45) is 0 Å². The summed E-state index contributed by atoms with van der Waals surface area (Å²) in [6.07, 6.45) is 1.21. The van der Waals surface area contributed by atoms with Crippen LogP contribution >= 0.6 is 0 Å². The number of anilines is 2. The third-order valence-corrected chi connectivity index (χ3v) is 4.24. The first kappa shape index (κ1) is 17.0. The second kappa shape index (κ2) is 8.96. The zero-order chi connectivity index (χ0) is 15.0. The molecule has 0 radical (unpaired) electrons. The van der Waals surface area contributed by atoms with Gasteiger partial charge < -0.3 is 23.1 Å². The highest BCUT2D eigenvalue weighted by molar-refractivity contribution is 6.36. The maximum absolute atomic E-state index is 4.74. The first-order valence-corrected chi connectivity index (χ1v) is 8.22. The summed E-state index contributed by atoms with van der Waals surface area (Å²) >= 11 is 0. The molecule has 1 aromatic carbocycles. The van der Waals surface area contributed by atoms with Crippen LogP contribution in [0.5, 0.6) is 0 Å². The van der Waals surface area contributed by atoms with Crippen molar-refractivity contribution in [3.63, 3.8) is 0 Å². The predicted molar refractivity (Wildman–Crippen MR) is 85.5 cm³/mol. The van der Waals surface area contributed by atoms with E-state index in [9.17, 15) is 0 Å². The topological polar surface area (TPSA) is 34.2 Å². The lowest BCUT2D eigenvalue weighted by atomic mass is 10.2. The molecular formula is C14H26N2O3Si. The smallest absolute Gasteiger partial charge is 0.379 e. The molecule has 1 aliphatic rings. The van der Waals surface area contributed by atoms with E-state index in [4.69, 9.17) is 13.3 Å². The minimum Gasteiger partial charge on any atom is -0.379 e. The molecule has 0 unspecified atom stereocenters. The van der Waals surface area contributed by atoms with E-state index in [1.165, 1.54) is 17.8 Å².